The highest BCUT2D eigenvalue weighted by Gasteiger charge is 2.32. The summed E-state index contributed by atoms with van der Waals surface area (Å²) in [4.78, 5) is 75.2. The van der Waals surface area contributed by atoms with Crippen LogP contribution in [0.5, 0.6) is 0 Å². The number of oxazole rings is 2. The summed E-state index contributed by atoms with van der Waals surface area (Å²) < 4.78 is 47.2. The average molecular weight is 839 g/mol. The summed E-state index contributed by atoms with van der Waals surface area (Å²) in [7, 11) is 0. The minimum absolute atomic E-state index is 0.0912. The molecule has 8 rings (SSSR count). The second kappa shape index (κ2) is 18.0. The van der Waals surface area contributed by atoms with Gasteiger partial charge in [0.25, 0.3) is 18.2 Å². The van der Waals surface area contributed by atoms with Gasteiger partial charge in [-0.2, -0.15) is 5.10 Å². The highest BCUT2D eigenvalue weighted by Crippen LogP contribution is 2.31. The largest absolute Gasteiger partial charge is 0.444 e. The van der Waals surface area contributed by atoms with Crippen LogP contribution in [0.3, 0.4) is 0 Å². The molecule has 2 aliphatic rings. The maximum absolute atomic E-state index is 14.0. The molecule has 0 spiro atoms. The van der Waals surface area contributed by atoms with E-state index in [9.17, 15) is 32.8 Å². The molecule has 18 nitrogen and oxygen atoms in total. The number of aromatic nitrogens is 6. The Bertz CT molecular complexity index is 2630. The number of alkyl halides is 2. The first kappa shape index (κ1) is 40.7. The number of para-hydroxylation sites is 1. The molecule has 6 aromatic rings. The van der Waals surface area contributed by atoms with E-state index in [2.05, 4.69) is 41.3 Å². The normalized spacial score (nSPS) is 15.3. The summed E-state index contributed by atoms with van der Waals surface area (Å²) in [5.74, 6) is -1.34. The van der Waals surface area contributed by atoms with Gasteiger partial charge >= 0.3 is 5.76 Å². The van der Waals surface area contributed by atoms with E-state index in [1.807, 2.05) is 6.07 Å². The van der Waals surface area contributed by atoms with Crippen LogP contribution in [-0.2, 0) is 20.7 Å². The van der Waals surface area contributed by atoms with Crippen molar-refractivity contribution in [1.29, 1.82) is 0 Å². The molecule has 1 saturated carbocycles. The topological polar surface area (TPSA) is 230 Å². The zero-order valence-electron chi connectivity index (χ0n) is 32.6. The van der Waals surface area contributed by atoms with Crippen LogP contribution in [0.4, 0.5) is 20.3 Å². The Labute approximate surface area is 345 Å². The van der Waals surface area contributed by atoms with Crippen molar-refractivity contribution in [2.24, 2.45) is 5.92 Å². The van der Waals surface area contributed by atoms with Gasteiger partial charge in [-0.25, -0.2) is 33.2 Å². The smallest absolute Gasteiger partial charge is 0.420 e. The summed E-state index contributed by atoms with van der Waals surface area (Å²) in [5, 5.41) is 14.7. The van der Waals surface area contributed by atoms with Gasteiger partial charge in [0, 0.05) is 44.5 Å². The molecule has 1 atom stereocenters. The van der Waals surface area contributed by atoms with Crippen LogP contribution in [0.1, 0.15) is 83.2 Å². The van der Waals surface area contributed by atoms with Gasteiger partial charge in [-0.3, -0.25) is 29.1 Å². The number of carbonyl (C=O) groups excluding carboxylic acids is 4. The Morgan fingerprint density at radius 3 is 2.64 bits per heavy atom. The third kappa shape index (κ3) is 9.54. The van der Waals surface area contributed by atoms with E-state index < -0.39 is 41.6 Å². The molecular formula is C41H40F2N10O8. The van der Waals surface area contributed by atoms with E-state index in [-0.39, 0.29) is 47.4 Å². The number of hydrogen-bond acceptors (Lipinski definition) is 13. The first-order chi connectivity index (χ1) is 29.6. The quantitative estimate of drug-likeness (QED) is 0.0662. The van der Waals surface area contributed by atoms with Crippen molar-refractivity contribution in [1.82, 2.24) is 39.9 Å². The summed E-state index contributed by atoms with van der Waals surface area (Å²) in [6.07, 6.45) is 6.63. The van der Waals surface area contributed by atoms with Crippen LogP contribution in [0, 0.1) is 5.92 Å². The fourth-order valence-electron chi connectivity index (χ4n) is 6.83. The Kier molecular flexibility index (Phi) is 12.0. The number of halogens is 2. The lowest BCUT2D eigenvalue weighted by Crippen LogP contribution is -2.43. The lowest BCUT2D eigenvalue weighted by Gasteiger charge is -2.21. The number of amides is 4. The van der Waals surface area contributed by atoms with E-state index in [0.717, 1.165) is 23.1 Å². The predicted molar refractivity (Wildman–Crippen MR) is 213 cm³/mol. The Balaban J connectivity index is 0.783. The van der Waals surface area contributed by atoms with Gasteiger partial charge in [0.05, 0.1) is 29.3 Å². The number of nitrogens with zero attached hydrogens (tertiary/aromatic N) is 6. The highest BCUT2D eigenvalue weighted by molar-refractivity contribution is 6.03. The van der Waals surface area contributed by atoms with Crippen LogP contribution in [0.15, 0.2) is 80.9 Å². The number of benzene rings is 1. The first-order valence-corrected chi connectivity index (χ1v) is 19.7. The molecule has 0 radical (unpaired) electrons. The number of nitrogens with one attached hydrogen (secondary N) is 4. The van der Waals surface area contributed by atoms with Crippen molar-refractivity contribution in [3.63, 3.8) is 0 Å². The number of anilines is 2. The molecule has 1 aliphatic heterocycles. The SMILES string of the molecule is O=C1CCC(n2c(=O)oc3c(CCCOCCCNC(=O)c4ccc(-n5cc(NC(=O)c6coc(-c7ccnc(NCC8CC8)c7)n6)c(C(F)F)n5)cn4)cccc32)C(=O)N1. The third-order valence-corrected chi connectivity index (χ3v) is 10.2. The molecule has 5 aromatic heterocycles. The summed E-state index contributed by atoms with van der Waals surface area (Å²) in [5.41, 5.74) is 1.58. The van der Waals surface area contributed by atoms with Gasteiger partial charge in [-0.1, -0.05) is 12.1 Å². The Morgan fingerprint density at radius 1 is 1.00 bits per heavy atom. The molecule has 1 saturated heterocycles. The molecule has 4 N–H and O–H groups in total. The summed E-state index contributed by atoms with van der Waals surface area (Å²) >= 11 is 0. The number of carbonyl (C=O) groups is 4. The summed E-state index contributed by atoms with van der Waals surface area (Å²) in [6.45, 7) is 1.89. The minimum atomic E-state index is -3.02. The van der Waals surface area contributed by atoms with Crippen molar-refractivity contribution < 1.29 is 41.5 Å². The zero-order chi connectivity index (χ0) is 42.5. The van der Waals surface area contributed by atoms with Crippen LogP contribution in [0.25, 0.3) is 28.2 Å². The molecular weight excluding hydrogens is 799 g/mol. The molecule has 4 amide bonds. The lowest BCUT2D eigenvalue weighted by atomic mass is 10.0. The molecule has 2 fully saturated rings. The number of piperidine rings is 1. The maximum atomic E-state index is 14.0. The van der Waals surface area contributed by atoms with Crippen molar-refractivity contribution in [2.75, 3.05) is 36.9 Å². The third-order valence-electron chi connectivity index (χ3n) is 10.2. The number of aryl methyl sites for hydroxylation is 1. The van der Waals surface area contributed by atoms with Gasteiger partial charge in [-0.05, 0) is 80.3 Å². The van der Waals surface area contributed by atoms with E-state index >= 15 is 0 Å². The Hall–Kier alpha value is -7.09. The molecule has 0 bridgehead atoms. The van der Waals surface area contributed by atoms with E-state index in [1.165, 1.54) is 41.9 Å². The van der Waals surface area contributed by atoms with Crippen molar-refractivity contribution in [3.8, 4) is 17.1 Å². The van der Waals surface area contributed by atoms with Gasteiger partial charge in [0.1, 0.15) is 23.8 Å². The molecule has 316 valence electrons. The van der Waals surface area contributed by atoms with E-state index in [4.69, 9.17) is 13.6 Å². The molecule has 1 unspecified atom stereocenters. The van der Waals surface area contributed by atoms with Crippen LogP contribution >= 0.6 is 0 Å². The summed E-state index contributed by atoms with van der Waals surface area (Å²) in [6, 6.07) is 10.8. The van der Waals surface area contributed by atoms with Crippen LogP contribution < -0.4 is 27.0 Å². The van der Waals surface area contributed by atoms with Crippen molar-refractivity contribution >= 4 is 46.2 Å². The second-order valence-corrected chi connectivity index (χ2v) is 14.6. The van der Waals surface area contributed by atoms with Crippen LogP contribution in [0.2, 0.25) is 0 Å². The molecule has 61 heavy (non-hydrogen) atoms. The monoisotopic (exact) mass is 838 g/mol. The standard InChI is InChI=1S/C41H40F2N10O8/c42-36(43)34-28(48-38(56)29-22-60-40(49-29)25-13-15-44-32(18-25)47-19-23-7-8-23)21-52(51-34)26-9-10-27(46-20-26)37(55)45-14-3-17-59-16-2-5-24-4-1-6-30-35(24)61-41(58)53(30)31-11-12-33(54)50-39(31)57/h1,4,6,9-10,13,15,18,20-23,31,36H,2-3,5,7-8,11-12,14,16-17,19H2,(H,44,47)(H,45,55)(H,48,56)(H,50,54,57). The van der Waals surface area contributed by atoms with Gasteiger partial charge in [0.2, 0.25) is 17.7 Å². The number of rotatable bonds is 18. The maximum Gasteiger partial charge on any atom is 0.420 e. The fourth-order valence-corrected chi connectivity index (χ4v) is 6.83. The number of pyridine rings is 2. The molecule has 6 heterocycles. The number of hydrogen-bond donors (Lipinski definition) is 4. The fraction of sp³-hybridized carbons (Fsp3) is 0.341. The predicted octanol–water partition coefficient (Wildman–Crippen LogP) is 4.98. The molecule has 1 aromatic carbocycles. The van der Waals surface area contributed by atoms with Crippen LogP contribution in [-0.4, -0.2) is 79.2 Å². The van der Waals surface area contributed by atoms with Crippen molar-refractivity contribution in [2.45, 2.75) is 57.4 Å². The number of fused-ring (bicyclic) bond motifs is 1. The molecule has 1 aliphatic carbocycles. The zero-order valence-corrected chi connectivity index (χ0v) is 32.6. The van der Waals surface area contributed by atoms with E-state index in [1.54, 1.807) is 30.5 Å². The number of imide groups is 1. The van der Waals surface area contributed by atoms with Gasteiger partial charge < -0.3 is 29.5 Å². The Morgan fingerprint density at radius 2 is 1.85 bits per heavy atom. The van der Waals surface area contributed by atoms with E-state index in [0.29, 0.717) is 67.4 Å². The average Bonchev–Trinajstić information content (AvgIpc) is 3.60. The highest BCUT2D eigenvalue weighted by atomic mass is 19.3. The van der Waals surface area contributed by atoms with Gasteiger partial charge in [0.15, 0.2) is 17.0 Å². The van der Waals surface area contributed by atoms with Crippen molar-refractivity contribution in [3.05, 3.63) is 101 Å². The lowest BCUT2D eigenvalue weighted by molar-refractivity contribution is -0.135. The first-order valence-electron chi connectivity index (χ1n) is 19.7. The minimum Gasteiger partial charge on any atom is -0.444 e. The number of ether oxygens (including phenoxy) is 1. The van der Waals surface area contributed by atoms with Gasteiger partial charge in [-0.15, -0.1) is 0 Å². The molecule has 20 heteroatoms. The second-order valence-electron chi connectivity index (χ2n) is 14.6.